The van der Waals surface area contributed by atoms with E-state index in [1.807, 2.05) is 61.7 Å². The molecule has 0 radical (unpaired) electrons. The van der Waals surface area contributed by atoms with Gasteiger partial charge >= 0.3 is 6.03 Å². The second-order valence-corrected chi connectivity index (χ2v) is 7.73. The summed E-state index contributed by atoms with van der Waals surface area (Å²) in [7, 11) is 0. The van der Waals surface area contributed by atoms with Crippen LogP contribution in [0, 0.1) is 12.7 Å². The maximum absolute atomic E-state index is 14.3. The molecule has 0 bridgehead atoms. The summed E-state index contributed by atoms with van der Waals surface area (Å²) in [5.74, 6) is -0.457. The van der Waals surface area contributed by atoms with Crippen LogP contribution in [-0.4, -0.2) is 15.5 Å². The minimum atomic E-state index is -0.457. The van der Waals surface area contributed by atoms with E-state index in [1.165, 1.54) is 6.07 Å². The van der Waals surface area contributed by atoms with Crippen molar-refractivity contribution in [1.29, 1.82) is 0 Å². The number of halogens is 1. The van der Waals surface area contributed by atoms with Crippen molar-refractivity contribution in [3.05, 3.63) is 119 Å². The number of amides is 2. The largest absolute Gasteiger partial charge is 0.323 e. The van der Waals surface area contributed by atoms with Gasteiger partial charge in [0, 0.05) is 11.9 Å². The molecule has 1 aliphatic rings. The molecule has 0 saturated heterocycles. The standard InChI is InChI=1S/C26H22FN3O/c1-18-9-2-4-11-20(18)25-24-15-8-16-29(24)23-14-7-3-10-19(23)17-30(25)26(31)28-22-13-6-5-12-21(22)27/h2-16,25H,17H2,1H3,(H,28,31). The van der Waals surface area contributed by atoms with Crippen LogP contribution >= 0.6 is 0 Å². The van der Waals surface area contributed by atoms with E-state index in [2.05, 4.69) is 22.0 Å². The van der Waals surface area contributed by atoms with Crippen molar-refractivity contribution in [2.24, 2.45) is 0 Å². The zero-order chi connectivity index (χ0) is 21.4. The van der Waals surface area contributed by atoms with E-state index in [0.717, 1.165) is 28.1 Å². The quantitative estimate of drug-likeness (QED) is 0.428. The molecular weight excluding hydrogens is 389 g/mol. The van der Waals surface area contributed by atoms with Crippen LogP contribution in [0.2, 0.25) is 0 Å². The van der Waals surface area contributed by atoms with E-state index in [9.17, 15) is 9.18 Å². The zero-order valence-corrected chi connectivity index (χ0v) is 17.1. The van der Waals surface area contributed by atoms with Gasteiger partial charge in [-0.3, -0.25) is 0 Å². The Morgan fingerprint density at radius 2 is 1.68 bits per heavy atom. The van der Waals surface area contributed by atoms with Gasteiger partial charge in [0.05, 0.1) is 17.9 Å². The smallest absolute Gasteiger partial charge is 0.318 e. The van der Waals surface area contributed by atoms with Gasteiger partial charge in [-0.05, 0) is 53.9 Å². The molecule has 1 unspecified atom stereocenters. The van der Waals surface area contributed by atoms with Crippen molar-refractivity contribution in [3.63, 3.8) is 0 Å². The first kappa shape index (κ1) is 19.1. The third kappa shape index (κ3) is 3.38. The number of benzene rings is 3. The van der Waals surface area contributed by atoms with Crippen molar-refractivity contribution in [3.8, 4) is 5.69 Å². The summed E-state index contributed by atoms with van der Waals surface area (Å²) in [6.07, 6.45) is 2.03. The number of nitrogens with zero attached hydrogens (tertiary/aromatic N) is 2. The molecule has 1 aliphatic heterocycles. The lowest BCUT2D eigenvalue weighted by molar-refractivity contribution is 0.194. The molecule has 5 heteroatoms. The molecule has 154 valence electrons. The predicted octanol–water partition coefficient (Wildman–Crippen LogP) is 6.06. The van der Waals surface area contributed by atoms with E-state index in [4.69, 9.17) is 0 Å². The van der Waals surface area contributed by atoms with Gasteiger partial charge in [0.1, 0.15) is 11.9 Å². The van der Waals surface area contributed by atoms with Gasteiger partial charge < -0.3 is 14.8 Å². The lowest BCUT2D eigenvalue weighted by Gasteiger charge is -2.32. The minimum absolute atomic E-state index is 0.170. The van der Waals surface area contributed by atoms with E-state index < -0.39 is 5.82 Å². The first-order chi connectivity index (χ1) is 15.1. The highest BCUT2D eigenvalue weighted by atomic mass is 19.1. The van der Waals surface area contributed by atoms with Crippen molar-refractivity contribution in [2.45, 2.75) is 19.5 Å². The maximum Gasteiger partial charge on any atom is 0.323 e. The molecule has 2 heterocycles. The van der Waals surface area contributed by atoms with Gasteiger partial charge in [0.25, 0.3) is 0 Å². The Labute approximate surface area is 180 Å². The van der Waals surface area contributed by atoms with Crippen LogP contribution in [0.15, 0.2) is 91.1 Å². The number of hydrogen-bond donors (Lipinski definition) is 1. The molecule has 5 rings (SSSR count). The van der Waals surface area contributed by atoms with Crippen molar-refractivity contribution in [1.82, 2.24) is 9.47 Å². The highest BCUT2D eigenvalue weighted by molar-refractivity contribution is 5.90. The molecule has 31 heavy (non-hydrogen) atoms. The third-order valence-corrected chi connectivity index (χ3v) is 5.82. The average molecular weight is 411 g/mol. The molecule has 4 aromatic rings. The van der Waals surface area contributed by atoms with Crippen LogP contribution in [0.4, 0.5) is 14.9 Å². The molecule has 0 spiro atoms. The highest BCUT2D eigenvalue weighted by Gasteiger charge is 2.33. The number of carbonyl (C=O) groups excluding carboxylic acids is 1. The summed E-state index contributed by atoms with van der Waals surface area (Å²) in [6.45, 7) is 2.45. The molecule has 0 aliphatic carbocycles. The molecule has 0 saturated carbocycles. The molecule has 3 aromatic carbocycles. The number of nitrogens with one attached hydrogen (secondary N) is 1. The normalized spacial score (nSPS) is 15.0. The Morgan fingerprint density at radius 1 is 0.935 bits per heavy atom. The summed E-state index contributed by atoms with van der Waals surface area (Å²) in [6, 6.07) is 25.8. The van der Waals surface area contributed by atoms with Gasteiger partial charge in [-0.25, -0.2) is 9.18 Å². The molecule has 0 fully saturated rings. The Morgan fingerprint density at radius 3 is 2.52 bits per heavy atom. The fourth-order valence-corrected chi connectivity index (χ4v) is 4.31. The fourth-order valence-electron chi connectivity index (χ4n) is 4.31. The highest BCUT2D eigenvalue weighted by Crippen LogP contribution is 2.38. The first-order valence-electron chi connectivity index (χ1n) is 10.3. The van der Waals surface area contributed by atoms with Gasteiger partial charge in [0.2, 0.25) is 0 Å². The van der Waals surface area contributed by atoms with E-state index in [0.29, 0.717) is 6.54 Å². The Hall–Kier alpha value is -3.86. The number of rotatable bonds is 2. The number of aryl methyl sites for hydroxylation is 1. The number of aromatic nitrogens is 1. The van der Waals surface area contributed by atoms with E-state index in [-0.39, 0.29) is 17.8 Å². The molecule has 2 amide bonds. The van der Waals surface area contributed by atoms with Gasteiger partial charge in [-0.2, -0.15) is 0 Å². The first-order valence-corrected chi connectivity index (χ1v) is 10.3. The summed E-state index contributed by atoms with van der Waals surface area (Å²) < 4.78 is 16.4. The molecule has 1 N–H and O–H groups in total. The van der Waals surface area contributed by atoms with Crippen LogP contribution in [0.5, 0.6) is 0 Å². The van der Waals surface area contributed by atoms with Gasteiger partial charge in [-0.15, -0.1) is 0 Å². The molecule has 1 atom stereocenters. The van der Waals surface area contributed by atoms with Crippen LogP contribution in [0.25, 0.3) is 5.69 Å². The molecular formula is C26H22FN3O. The Kier molecular flexibility index (Phi) is 4.79. The maximum atomic E-state index is 14.3. The number of hydrogen-bond acceptors (Lipinski definition) is 1. The lowest BCUT2D eigenvalue weighted by atomic mass is 9.97. The lowest BCUT2D eigenvalue weighted by Crippen LogP contribution is -2.38. The number of anilines is 1. The summed E-state index contributed by atoms with van der Waals surface area (Å²) >= 11 is 0. The second-order valence-electron chi connectivity index (χ2n) is 7.73. The zero-order valence-electron chi connectivity index (χ0n) is 17.1. The molecule has 4 nitrogen and oxygen atoms in total. The SMILES string of the molecule is Cc1ccccc1C1c2cccn2-c2ccccc2CN1C(=O)Nc1ccccc1F. The predicted molar refractivity (Wildman–Crippen MR) is 120 cm³/mol. The van der Waals surface area contributed by atoms with Gasteiger partial charge in [-0.1, -0.05) is 54.6 Å². The topological polar surface area (TPSA) is 37.3 Å². The van der Waals surface area contributed by atoms with E-state index >= 15 is 0 Å². The summed E-state index contributed by atoms with van der Waals surface area (Å²) in [5.41, 5.74) is 5.36. The van der Waals surface area contributed by atoms with Crippen molar-refractivity contribution >= 4 is 11.7 Å². The average Bonchev–Trinajstić information content (AvgIpc) is 3.21. The third-order valence-electron chi connectivity index (χ3n) is 5.82. The summed E-state index contributed by atoms with van der Waals surface area (Å²) in [4.78, 5) is 15.3. The Balaban J connectivity index is 1.66. The van der Waals surface area contributed by atoms with Crippen molar-refractivity contribution in [2.75, 3.05) is 5.32 Å². The fraction of sp³-hybridized carbons (Fsp3) is 0.115. The van der Waals surface area contributed by atoms with Crippen LogP contribution in [0.1, 0.15) is 28.4 Å². The van der Waals surface area contributed by atoms with Crippen molar-refractivity contribution < 1.29 is 9.18 Å². The molecule has 1 aromatic heterocycles. The Bertz CT molecular complexity index is 1260. The van der Waals surface area contributed by atoms with E-state index in [1.54, 1.807) is 23.1 Å². The number of fused-ring (bicyclic) bond motifs is 3. The van der Waals surface area contributed by atoms with Gasteiger partial charge in [0.15, 0.2) is 0 Å². The van der Waals surface area contributed by atoms with Crippen LogP contribution < -0.4 is 5.32 Å². The van der Waals surface area contributed by atoms with Crippen LogP contribution in [-0.2, 0) is 6.54 Å². The van der Waals surface area contributed by atoms with Crippen LogP contribution in [0.3, 0.4) is 0 Å². The monoisotopic (exact) mass is 411 g/mol. The number of carbonyl (C=O) groups is 1. The minimum Gasteiger partial charge on any atom is -0.318 e. The second kappa shape index (κ2) is 7.76. The summed E-state index contributed by atoms with van der Waals surface area (Å²) in [5, 5.41) is 2.78. The number of urea groups is 1. The number of para-hydroxylation sites is 2.